The van der Waals surface area contributed by atoms with Crippen LogP contribution in [0.25, 0.3) is 55.6 Å². The zero-order chi connectivity index (χ0) is 42.3. The molecule has 1 aliphatic carbocycles. The van der Waals surface area contributed by atoms with Gasteiger partial charge in [-0.15, -0.1) is 5.10 Å². The third kappa shape index (κ3) is 7.00. The normalized spacial score (nSPS) is 13.1. The third-order valence-electron chi connectivity index (χ3n) is 13.3. The molecule has 9 aromatic rings. The first-order valence-electron chi connectivity index (χ1n) is 22.3. The van der Waals surface area contributed by atoms with E-state index < -0.39 is 0 Å². The molecule has 0 radical (unpaired) electrons. The molecule has 1 aromatic heterocycles. The highest BCUT2D eigenvalue weighted by Crippen LogP contribution is 2.56. The highest BCUT2D eigenvalue weighted by molar-refractivity contribution is 6.00. The van der Waals surface area contributed by atoms with Gasteiger partial charge in [0.05, 0.1) is 11.3 Å². The molecule has 0 fully saturated rings. The Hall–Kier alpha value is -7.49. The summed E-state index contributed by atoms with van der Waals surface area (Å²) < 4.78 is 2.63. The Labute approximate surface area is 370 Å². The predicted octanol–water partition coefficient (Wildman–Crippen LogP) is 14.2. The molecule has 8 aromatic carbocycles. The summed E-state index contributed by atoms with van der Waals surface area (Å²) in [5.41, 5.74) is 24.6. The van der Waals surface area contributed by atoms with Gasteiger partial charge in [-0.25, -0.2) is 0 Å². The zero-order valence-electron chi connectivity index (χ0n) is 35.8. The number of aryl methyl sites for hydroxylation is 3. The van der Waals surface area contributed by atoms with Crippen molar-refractivity contribution in [3.63, 3.8) is 0 Å². The number of fused-ring (bicyclic) bond motifs is 4. The molecule has 0 saturated heterocycles. The number of aromatic nitrogens is 2. The lowest BCUT2D eigenvalue weighted by Crippen LogP contribution is -2.29. The van der Waals surface area contributed by atoms with E-state index in [1.165, 1.54) is 100 Å². The molecule has 0 unspecified atom stereocenters. The van der Waals surface area contributed by atoms with Gasteiger partial charge >= 0.3 is 0 Å². The molecule has 0 saturated carbocycles. The molecule has 11 rings (SSSR count). The summed E-state index contributed by atoms with van der Waals surface area (Å²) in [5, 5.41) is 9.93. The Morgan fingerprint density at radius 2 is 0.857 bits per heavy atom. The molecule has 3 heteroatoms. The molecule has 2 heterocycles. The second kappa shape index (κ2) is 16.4. The van der Waals surface area contributed by atoms with Gasteiger partial charge in [0.1, 0.15) is 5.69 Å². The van der Waals surface area contributed by atoms with Crippen molar-refractivity contribution >= 4 is 11.4 Å². The average Bonchev–Trinajstić information content (AvgIpc) is 3.66. The molecule has 2 aliphatic rings. The van der Waals surface area contributed by atoms with Crippen LogP contribution in [0.5, 0.6) is 0 Å². The quantitative estimate of drug-likeness (QED) is 0.136. The first-order chi connectivity index (χ1) is 31.1. The SMILES string of the molecule is Cc1nnc(C)c([N+]2=C(CCc3ccccc3)c3ccccc3CC2)c1C1c2cc(-c3ccccc3)c(-c3ccccc3)cc2-c2cc(-c3ccccc3)c(-c3ccccc3)cc21. The van der Waals surface area contributed by atoms with Crippen molar-refractivity contribution in [2.45, 2.75) is 39.0 Å². The van der Waals surface area contributed by atoms with Crippen LogP contribution in [-0.4, -0.2) is 27.0 Å². The fraction of sp³-hybridized carbons (Fsp3) is 0.117. The number of hydrogen-bond donors (Lipinski definition) is 0. The van der Waals surface area contributed by atoms with Crippen LogP contribution in [0.4, 0.5) is 5.69 Å². The minimum Gasteiger partial charge on any atom is -0.193 e. The molecule has 3 nitrogen and oxygen atoms in total. The average molecular weight is 811 g/mol. The van der Waals surface area contributed by atoms with Gasteiger partial charge in [0.25, 0.3) is 0 Å². The van der Waals surface area contributed by atoms with Crippen molar-refractivity contribution in [2.75, 3.05) is 6.54 Å². The Balaban J connectivity index is 1.22. The summed E-state index contributed by atoms with van der Waals surface area (Å²) in [5.74, 6) is -0.105. The van der Waals surface area contributed by atoms with E-state index >= 15 is 0 Å². The minimum atomic E-state index is -0.105. The van der Waals surface area contributed by atoms with Crippen LogP contribution >= 0.6 is 0 Å². The molecular weight excluding hydrogens is 763 g/mol. The van der Waals surface area contributed by atoms with E-state index in [0.717, 1.165) is 37.2 Å². The smallest absolute Gasteiger partial charge is 0.193 e. The summed E-state index contributed by atoms with van der Waals surface area (Å²) in [6, 6.07) is 73.5. The Kier molecular flexibility index (Phi) is 10.0. The summed E-state index contributed by atoms with van der Waals surface area (Å²) in [7, 11) is 0. The van der Waals surface area contributed by atoms with Gasteiger partial charge in [0.15, 0.2) is 12.3 Å². The van der Waals surface area contributed by atoms with Crippen LogP contribution in [0.15, 0.2) is 200 Å². The van der Waals surface area contributed by atoms with E-state index in [1.807, 2.05) is 0 Å². The molecule has 1 aliphatic heterocycles. The second-order valence-electron chi connectivity index (χ2n) is 17.0. The summed E-state index contributed by atoms with van der Waals surface area (Å²) in [6.45, 7) is 5.22. The van der Waals surface area contributed by atoms with Gasteiger partial charge in [-0.3, -0.25) is 0 Å². The summed E-state index contributed by atoms with van der Waals surface area (Å²) in [6.07, 6.45) is 2.82. The van der Waals surface area contributed by atoms with Gasteiger partial charge in [0.2, 0.25) is 5.69 Å². The summed E-state index contributed by atoms with van der Waals surface area (Å²) in [4.78, 5) is 0. The van der Waals surface area contributed by atoms with E-state index in [1.54, 1.807) is 0 Å². The Bertz CT molecular complexity index is 3020. The molecule has 0 bridgehead atoms. The van der Waals surface area contributed by atoms with Crippen molar-refractivity contribution in [2.24, 2.45) is 0 Å². The maximum atomic E-state index is 4.99. The van der Waals surface area contributed by atoms with Crippen LogP contribution in [-0.2, 0) is 12.8 Å². The van der Waals surface area contributed by atoms with E-state index in [0.29, 0.717) is 0 Å². The fourth-order valence-corrected chi connectivity index (χ4v) is 10.3. The molecule has 302 valence electrons. The maximum Gasteiger partial charge on any atom is 0.234 e. The monoisotopic (exact) mass is 810 g/mol. The van der Waals surface area contributed by atoms with Gasteiger partial charge in [-0.1, -0.05) is 170 Å². The van der Waals surface area contributed by atoms with Crippen molar-refractivity contribution < 1.29 is 4.58 Å². The Morgan fingerprint density at radius 1 is 0.429 bits per heavy atom. The number of rotatable bonds is 9. The second-order valence-corrected chi connectivity index (χ2v) is 17.0. The highest BCUT2D eigenvalue weighted by atomic mass is 15.1. The topological polar surface area (TPSA) is 28.8 Å². The molecule has 63 heavy (non-hydrogen) atoms. The van der Waals surface area contributed by atoms with E-state index in [-0.39, 0.29) is 5.92 Å². The molecule has 0 amide bonds. The zero-order valence-corrected chi connectivity index (χ0v) is 35.8. The van der Waals surface area contributed by atoms with E-state index in [4.69, 9.17) is 10.2 Å². The first kappa shape index (κ1) is 38.4. The summed E-state index contributed by atoms with van der Waals surface area (Å²) >= 11 is 0. The van der Waals surface area contributed by atoms with Crippen molar-refractivity contribution in [3.8, 4) is 55.6 Å². The lowest BCUT2D eigenvalue weighted by Gasteiger charge is -2.24. The highest BCUT2D eigenvalue weighted by Gasteiger charge is 2.40. The van der Waals surface area contributed by atoms with E-state index in [9.17, 15) is 0 Å². The number of nitrogens with zero attached hydrogens (tertiary/aromatic N) is 3. The van der Waals surface area contributed by atoms with Crippen LogP contribution in [0.3, 0.4) is 0 Å². The first-order valence-corrected chi connectivity index (χ1v) is 22.3. The third-order valence-corrected chi connectivity index (χ3v) is 13.3. The van der Waals surface area contributed by atoms with Crippen LogP contribution < -0.4 is 0 Å². The van der Waals surface area contributed by atoms with Crippen molar-refractivity contribution in [1.29, 1.82) is 0 Å². The standard InChI is InChI=1S/C60H48N3/c1-40-58(60(41(2)62-61-40)63-35-34-47-30-18-19-31-48(47)57(63)33-32-42-20-8-3-9-21-42)59-55-38-51(45-26-14-6-15-27-45)49(43-22-10-4-11-23-43)36-53(55)54-37-50(44-24-12-5-13-25-44)52(39-56(54)59)46-28-16-7-17-29-46/h3-31,36-39,59H,32-35H2,1-2H3/q+1. The Morgan fingerprint density at radius 3 is 1.37 bits per heavy atom. The molecule has 0 spiro atoms. The van der Waals surface area contributed by atoms with Gasteiger partial charge in [-0.2, -0.15) is 9.67 Å². The van der Waals surface area contributed by atoms with Crippen molar-refractivity contribution in [3.05, 3.63) is 245 Å². The van der Waals surface area contributed by atoms with Gasteiger partial charge < -0.3 is 0 Å². The minimum absolute atomic E-state index is 0.105. The molecule has 0 N–H and O–H groups in total. The maximum absolute atomic E-state index is 4.99. The predicted molar refractivity (Wildman–Crippen MR) is 260 cm³/mol. The molecular formula is C60H48N3+. The molecule has 0 atom stereocenters. The van der Waals surface area contributed by atoms with Crippen LogP contribution in [0.2, 0.25) is 0 Å². The van der Waals surface area contributed by atoms with Gasteiger partial charge in [-0.05, 0) is 128 Å². The lowest BCUT2D eigenvalue weighted by molar-refractivity contribution is -0.444. The van der Waals surface area contributed by atoms with Crippen LogP contribution in [0.1, 0.15) is 57.1 Å². The van der Waals surface area contributed by atoms with Crippen molar-refractivity contribution in [1.82, 2.24) is 10.2 Å². The lowest BCUT2D eigenvalue weighted by atomic mass is 9.82. The van der Waals surface area contributed by atoms with Crippen LogP contribution in [0, 0.1) is 13.8 Å². The number of benzene rings is 8. The number of hydrogen-bond acceptors (Lipinski definition) is 2. The fourth-order valence-electron chi connectivity index (χ4n) is 10.3. The van der Waals surface area contributed by atoms with Gasteiger partial charge in [0, 0.05) is 24.3 Å². The largest absolute Gasteiger partial charge is 0.234 e. The van der Waals surface area contributed by atoms with E-state index in [2.05, 4.69) is 219 Å².